The first-order chi connectivity index (χ1) is 18.9. The van der Waals surface area contributed by atoms with E-state index in [0.717, 1.165) is 30.5 Å². The van der Waals surface area contributed by atoms with Crippen molar-refractivity contribution in [1.82, 2.24) is 29.7 Å². The molecule has 1 atom stereocenters. The number of rotatable bonds is 6. The van der Waals surface area contributed by atoms with Crippen molar-refractivity contribution in [2.75, 3.05) is 24.6 Å². The average Bonchev–Trinajstić information content (AvgIpc) is 3.62. The van der Waals surface area contributed by atoms with E-state index in [1.165, 1.54) is 0 Å². The number of halogens is 2. The largest absolute Gasteiger partial charge is 0.403 e. The summed E-state index contributed by atoms with van der Waals surface area (Å²) in [6, 6.07) is 3.24. The van der Waals surface area contributed by atoms with E-state index in [-0.39, 0.29) is 34.5 Å². The predicted molar refractivity (Wildman–Crippen MR) is 139 cm³/mol. The minimum Gasteiger partial charge on any atom is -0.403 e. The summed E-state index contributed by atoms with van der Waals surface area (Å²) in [5, 5.41) is 32.2. The summed E-state index contributed by atoms with van der Waals surface area (Å²) in [7, 11) is 16.6. The van der Waals surface area contributed by atoms with Crippen molar-refractivity contribution in [2.45, 2.75) is 36.1 Å². The molecule has 6 rings (SSSR count). The van der Waals surface area contributed by atoms with Crippen LogP contribution in [-0.2, 0) is 15.8 Å². The van der Waals surface area contributed by atoms with E-state index in [1.54, 1.807) is 11.1 Å². The number of hydrogen-bond acceptors (Lipinski definition) is 10. The minimum absolute atomic E-state index is 0.0895. The van der Waals surface area contributed by atoms with Crippen molar-refractivity contribution in [3.63, 3.8) is 0 Å². The molecule has 198 valence electrons. The van der Waals surface area contributed by atoms with E-state index < -0.39 is 34.1 Å². The van der Waals surface area contributed by atoms with E-state index in [4.69, 9.17) is 28.3 Å². The van der Waals surface area contributed by atoms with E-state index in [2.05, 4.69) is 25.0 Å². The van der Waals surface area contributed by atoms with Gasteiger partial charge in [-0.3, -0.25) is 4.68 Å². The Labute approximate surface area is 230 Å². The lowest BCUT2D eigenvalue weighted by atomic mass is 9.62. The molecule has 11 nitrogen and oxygen atoms in total. The molecule has 16 heteroatoms. The Morgan fingerprint density at radius 3 is 2.45 bits per heavy atom. The highest BCUT2D eigenvalue weighted by Crippen LogP contribution is 2.36. The van der Waals surface area contributed by atoms with E-state index in [9.17, 15) is 19.7 Å². The van der Waals surface area contributed by atoms with Gasteiger partial charge in [0.1, 0.15) is 50.3 Å². The molecule has 0 bridgehead atoms. The van der Waals surface area contributed by atoms with Gasteiger partial charge < -0.3 is 25.0 Å². The van der Waals surface area contributed by atoms with Crippen molar-refractivity contribution in [2.24, 2.45) is 0 Å². The normalized spacial score (nSPS) is 18.4. The zero-order valence-electron chi connectivity index (χ0n) is 20.9. The molecule has 40 heavy (non-hydrogen) atoms. The number of nitrogens with zero attached hydrogens (tertiary/aromatic N) is 7. The molecule has 4 heterocycles. The number of fused-ring (bicyclic) bond motifs is 1. The molecule has 3 N–H and O–H groups in total. The Balaban J connectivity index is 1.49. The minimum atomic E-state index is -3.15. The van der Waals surface area contributed by atoms with Crippen molar-refractivity contribution in [3.8, 4) is 11.3 Å². The van der Waals surface area contributed by atoms with Gasteiger partial charge in [-0.15, -0.1) is 0 Å². The fraction of sp³-hybridized carbons (Fsp3) is 0.375. The van der Waals surface area contributed by atoms with Gasteiger partial charge in [0.25, 0.3) is 0 Å². The molecule has 1 saturated heterocycles. The SMILES string of the molecule is [B]C([B])(O)c1nc2nc(N3CCOC(c4cnn(C5CC5)c4)C3)nc(-c3ccc(F)cc3F)c2nc1C([B])(O)O. The van der Waals surface area contributed by atoms with Crippen LogP contribution in [0.3, 0.4) is 0 Å². The van der Waals surface area contributed by atoms with Crippen LogP contribution in [0.1, 0.15) is 41.9 Å². The zero-order chi connectivity index (χ0) is 28.4. The van der Waals surface area contributed by atoms with Gasteiger partial charge in [-0.2, -0.15) is 10.1 Å². The number of benzene rings is 1. The first kappa shape index (κ1) is 26.8. The Hall–Kier alpha value is -3.46. The molecule has 4 aromatic rings. The molecule has 2 fully saturated rings. The summed E-state index contributed by atoms with van der Waals surface area (Å²) in [5.41, 5.74) is -4.55. The molecule has 1 aliphatic heterocycles. The van der Waals surface area contributed by atoms with E-state index in [0.29, 0.717) is 31.8 Å². The van der Waals surface area contributed by atoms with E-state index >= 15 is 4.39 Å². The summed E-state index contributed by atoms with van der Waals surface area (Å²) < 4.78 is 36.6. The van der Waals surface area contributed by atoms with Crippen LogP contribution in [0, 0.1) is 11.6 Å². The van der Waals surface area contributed by atoms with Crippen LogP contribution in [0.4, 0.5) is 14.7 Å². The number of ether oxygens (including phenoxy) is 1. The molecule has 2 aliphatic rings. The standard InChI is InChI=1S/C24H20B3F2N7O4/c25-23(26,37)19-20(24(27,38)39)31-18-17(14-4-1-12(28)7-15(14)29)32-22(34-21(18)33-19)35-5-6-40-16(10-35)11-8-30-36(9-11)13-2-3-13/h1,4,7-9,13,16,37-39H,2-3,5-6,10H2. The highest BCUT2D eigenvalue weighted by atomic mass is 19.1. The monoisotopic (exact) mass is 541 g/mol. The number of morpholine rings is 1. The summed E-state index contributed by atoms with van der Waals surface area (Å²) in [6.45, 7) is 0.981. The molecular weight excluding hydrogens is 521 g/mol. The Bertz CT molecular complexity index is 1610. The second-order valence-electron chi connectivity index (χ2n) is 9.93. The van der Waals surface area contributed by atoms with Crippen LogP contribution < -0.4 is 4.90 Å². The fourth-order valence-electron chi connectivity index (χ4n) is 4.57. The van der Waals surface area contributed by atoms with Gasteiger partial charge in [-0.1, -0.05) is 0 Å². The average molecular weight is 541 g/mol. The molecule has 0 amide bonds. The van der Waals surface area contributed by atoms with Crippen LogP contribution in [-0.4, -0.2) is 88.3 Å². The molecule has 6 radical (unpaired) electrons. The number of aliphatic hydroxyl groups is 3. The lowest BCUT2D eigenvalue weighted by Crippen LogP contribution is -2.39. The van der Waals surface area contributed by atoms with Gasteiger partial charge >= 0.3 is 0 Å². The van der Waals surface area contributed by atoms with Gasteiger partial charge in [0, 0.05) is 35.3 Å². The lowest BCUT2D eigenvalue weighted by Gasteiger charge is -2.33. The Morgan fingerprint density at radius 2 is 1.77 bits per heavy atom. The maximum atomic E-state index is 15.0. The second kappa shape index (κ2) is 9.58. The van der Waals surface area contributed by atoms with Crippen LogP contribution in [0.15, 0.2) is 30.6 Å². The third kappa shape index (κ3) is 5.07. The van der Waals surface area contributed by atoms with Gasteiger partial charge in [-0.25, -0.2) is 23.7 Å². The molecule has 1 unspecified atom stereocenters. The quantitative estimate of drug-likeness (QED) is 0.229. The maximum absolute atomic E-state index is 15.0. The number of hydrogen-bond donors (Lipinski definition) is 3. The number of aromatic nitrogens is 6. The predicted octanol–water partition coefficient (Wildman–Crippen LogP) is 0.177. The lowest BCUT2D eigenvalue weighted by molar-refractivity contribution is -0.0960. The number of anilines is 1. The molecule has 0 spiro atoms. The molecular formula is C24H20B3F2N7O4. The third-order valence-corrected chi connectivity index (χ3v) is 6.70. The molecule has 3 aromatic heterocycles. The Kier molecular flexibility index (Phi) is 6.41. The van der Waals surface area contributed by atoms with Gasteiger partial charge in [0.15, 0.2) is 19.2 Å². The molecule has 1 saturated carbocycles. The molecule has 1 aliphatic carbocycles. The summed E-state index contributed by atoms with van der Waals surface area (Å²) >= 11 is 0. The van der Waals surface area contributed by atoms with Crippen LogP contribution in [0.5, 0.6) is 0 Å². The van der Waals surface area contributed by atoms with Crippen molar-refractivity contribution >= 4 is 40.7 Å². The zero-order valence-corrected chi connectivity index (χ0v) is 20.9. The Morgan fingerprint density at radius 1 is 1.00 bits per heavy atom. The van der Waals surface area contributed by atoms with Crippen molar-refractivity contribution < 1.29 is 28.8 Å². The third-order valence-electron chi connectivity index (χ3n) is 6.70. The van der Waals surface area contributed by atoms with Crippen molar-refractivity contribution in [1.29, 1.82) is 0 Å². The van der Waals surface area contributed by atoms with Gasteiger partial charge in [0.05, 0.1) is 31.1 Å². The smallest absolute Gasteiger partial charge is 0.228 e. The van der Waals surface area contributed by atoms with Crippen molar-refractivity contribution in [3.05, 3.63) is 59.2 Å². The van der Waals surface area contributed by atoms with Gasteiger partial charge in [-0.05, 0) is 25.0 Å². The maximum Gasteiger partial charge on any atom is 0.228 e. The van der Waals surface area contributed by atoms with Crippen LogP contribution >= 0.6 is 0 Å². The topological polar surface area (TPSA) is 143 Å². The van der Waals surface area contributed by atoms with Crippen LogP contribution in [0.25, 0.3) is 22.4 Å². The molecule has 1 aromatic carbocycles. The summed E-state index contributed by atoms with van der Waals surface area (Å²) in [5.74, 6) is -1.70. The first-order valence-electron chi connectivity index (χ1n) is 12.4. The van der Waals surface area contributed by atoms with E-state index in [1.807, 2.05) is 10.9 Å². The highest BCUT2D eigenvalue weighted by molar-refractivity contribution is 6.38. The summed E-state index contributed by atoms with van der Waals surface area (Å²) in [6.07, 6.45) is 5.48. The first-order valence-corrected chi connectivity index (χ1v) is 12.4. The second-order valence-corrected chi connectivity index (χ2v) is 9.93. The van der Waals surface area contributed by atoms with Crippen LogP contribution in [0.2, 0.25) is 0 Å². The summed E-state index contributed by atoms with van der Waals surface area (Å²) in [4.78, 5) is 18.9. The fourth-order valence-corrected chi connectivity index (χ4v) is 4.57. The highest BCUT2D eigenvalue weighted by Gasteiger charge is 2.34. The van der Waals surface area contributed by atoms with Gasteiger partial charge in [0.2, 0.25) is 5.95 Å².